The van der Waals surface area contributed by atoms with Gasteiger partial charge >= 0.3 is 0 Å². The van der Waals surface area contributed by atoms with E-state index in [2.05, 4.69) is 43.5 Å². The molecule has 1 aromatic carbocycles. The molecule has 0 aliphatic rings. The van der Waals surface area contributed by atoms with E-state index in [4.69, 9.17) is 0 Å². The molecule has 2 aromatic rings. The Kier molecular flexibility index (Phi) is 10.5. The second-order valence-electron chi connectivity index (χ2n) is 5.24. The van der Waals surface area contributed by atoms with Crippen LogP contribution in [0, 0.1) is 5.82 Å². The summed E-state index contributed by atoms with van der Waals surface area (Å²) in [5.74, 6) is 0.538. The lowest BCUT2D eigenvalue weighted by Crippen LogP contribution is -2.39. The number of nitrogens with zero attached hydrogens (tertiary/aromatic N) is 2. The second-order valence-corrected chi connectivity index (χ2v) is 7.35. The van der Waals surface area contributed by atoms with Gasteiger partial charge in [0, 0.05) is 42.1 Å². The molecule has 2 rings (SSSR count). The van der Waals surface area contributed by atoms with Crippen molar-refractivity contribution in [1.29, 1.82) is 0 Å². The van der Waals surface area contributed by atoms with Crippen molar-refractivity contribution in [2.24, 2.45) is 4.99 Å². The van der Waals surface area contributed by atoms with Crippen LogP contribution in [0.25, 0.3) is 0 Å². The average Bonchev–Trinajstić information content (AvgIpc) is 3.04. The lowest BCUT2D eigenvalue weighted by Gasteiger charge is -2.11. The quantitative estimate of drug-likeness (QED) is 0.315. The summed E-state index contributed by atoms with van der Waals surface area (Å²) < 4.78 is 14.6. The number of hydrogen-bond acceptors (Lipinski definition) is 3. The first-order valence-electron chi connectivity index (χ1n) is 7.94. The minimum Gasteiger partial charge on any atom is -0.356 e. The van der Waals surface area contributed by atoms with Crippen molar-refractivity contribution in [1.82, 2.24) is 15.6 Å². The summed E-state index contributed by atoms with van der Waals surface area (Å²) in [7, 11) is 1.73. The Bertz CT molecular complexity index is 693. The second kappa shape index (κ2) is 11.8. The highest BCUT2D eigenvalue weighted by atomic mass is 127. The van der Waals surface area contributed by atoms with Crippen molar-refractivity contribution in [3.63, 3.8) is 0 Å². The molecule has 0 amide bonds. The highest BCUT2D eigenvalue weighted by Gasteiger charge is 2.05. The summed E-state index contributed by atoms with van der Waals surface area (Å²) in [6.07, 6.45) is 4.43. The van der Waals surface area contributed by atoms with Crippen LogP contribution in [-0.4, -0.2) is 31.1 Å². The summed E-state index contributed by atoms with van der Waals surface area (Å²) >= 11 is 5.12. The van der Waals surface area contributed by atoms with Crippen molar-refractivity contribution in [3.8, 4) is 0 Å². The third-order valence-corrected chi connectivity index (χ3v) is 5.19. The molecule has 0 saturated carbocycles. The summed E-state index contributed by atoms with van der Waals surface area (Å²) in [4.78, 5) is 9.90. The Morgan fingerprint density at radius 3 is 2.64 bits per heavy atom. The predicted molar refractivity (Wildman–Crippen MR) is 118 cm³/mol. The Labute approximate surface area is 177 Å². The van der Waals surface area contributed by atoms with Crippen LogP contribution in [0.4, 0.5) is 4.39 Å². The zero-order valence-electron chi connectivity index (χ0n) is 14.3. The molecule has 0 unspecified atom stereocenters. The summed E-state index contributed by atoms with van der Waals surface area (Å²) in [5, 5.41) is 7.60. The first-order chi connectivity index (χ1) is 11.6. The van der Waals surface area contributed by atoms with Crippen LogP contribution in [0.2, 0.25) is 0 Å². The molecule has 0 fully saturated rings. The van der Waals surface area contributed by atoms with Crippen LogP contribution >= 0.6 is 51.2 Å². The lowest BCUT2D eigenvalue weighted by molar-refractivity contribution is 0.606. The van der Waals surface area contributed by atoms with E-state index in [0.29, 0.717) is 18.5 Å². The number of benzene rings is 1. The number of rotatable bonds is 7. The first-order valence-corrected chi connectivity index (χ1v) is 9.55. The van der Waals surface area contributed by atoms with E-state index < -0.39 is 0 Å². The molecule has 0 aliphatic heterocycles. The normalized spacial score (nSPS) is 11.1. The highest BCUT2D eigenvalue weighted by molar-refractivity contribution is 14.0. The third kappa shape index (κ3) is 7.57. The minimum absolute atomic E-state index is 0. The Hall–Kier alpha value is -0.740. The van der Waals surface area contributed by atoms with E-state index in [1.54, 1.807) is 30.5 Å². The van der Waals surface area contributed by atoms with Gasteiger partial charge in [-0.25, -0.2) is 9.37 Å². The molecule has 0 spiro atoms. The fraction of sp³-hybridized carbons (Fsp3) is 0.412. The van der Waals surface area contributed by atoms with Gasteiger partial charge in [-0.2, -0.15) is 0 Å². The number of halogens is 3. The van der Waals surface area contributed by atoms with Gasteiger partial charge in [-0.15, -0.1) is 35.3 Å². The van der Waals surface area contributed by atoms with Gasteiger partial charge in [-0.1, -0.05) is 22.9 Å². The number of hydrogen-bond donors (Lipinski definition) is 2. The van der Waals surface area contributed by atoms with Crippen LogP contribution in [-0.2, 0) is 19.3 Å². The van der Waals surface area contributed by atoms with E-state index >= 15 is 0 Å². The van der Waals surface area contributed by atoms with Crippen molar-refractivity contribution in [2.45, 2.75) is 26.2 Å². The Morgan fingerprint density at radius 1 is 1.28 bits per heavy atom. The molecule has 8 heteroatoms. The summed E-state index contributed by atoms with van der Waals surface area (Å²) in [5.41, 5.74) is 0.683. The number of guanidine groups is 1. The Balaban J connectivity index is 0.00000312. The van der Waals surface area contributed by atoms with Gasteiger partial charge in [-0.05, 0) is 36.6 Å². The van der Waals surface area contributed by atoms with Crippen molar-refractivity contribution >= 4 is 57.2 Å². The van der Waals surface area contributed by atoms with E-state index in [0.717, 1.165) is 34.8 Å². The van der Waals surface area contributed by atoms with Crippen molar-refractivity contribution < 1.29 is 4.39 Å². The molecular formula is C17H23BrFIN4S. The molecule has 2 N–H and O–H groups in total. The molecule has 0 atom stereocenters. The van der Waals surface area contributed by atoms with E-state index in [1.165, 1.54) is 10.9 Å². The Morgan fingerprint density at radius 2 is 2.00 bits per heavy atom. The minimum atomic E-state index is -0.182. The molecule has 0 bridgehead atoms. The molecule has 4 nitrogen and oxygen atoms in total. The fourth-order valence-electron chi connectivity index (χ4n) is 2.19. The molecule has 25 heavy (non-hydrogen) atoms. The highest BCUT2D eigenvalue weighted by Crippen LogP contribution is 2.15. The third-order valence-electron chi connectivity index (χ3n) is 3.50. The number of thiazole rings is 1. The van der Waals surface area contributed by atoms with E-state index in [1.807, 2.05) is 6.20 Å². The zero-order chi connectivity index (χ0) is 17.4. The van der Waals surface area contributed by atoms with Crippen molar-refractivity contribution in [2.75, 3.05) is 20.1 Å². The molecule has 0 saturated heterocycles. The van der Waals surface area contributed by atoms with Crippen LogP contribution in [0.1, 0.15) is 22.4 Å². The standard InChI is InChI=1S/C17H22BrFN4S.HI/c1-3-14-11-23-16(24-14)7-9-22-17(20-2)21-8-6-12-10-13(18)4-5-15(12)19;/h4-5,10-11H,3,6-9H2,1-2H3,(H2,20,21,22);1H. The number of aromatic nitrogens is 1. The van der Waals surface area contributed by atoms with E-state index in [-0.39, 0.29) is 29.8 Å². The maximum atomic E-state index is 13.7. The van der Waals surface area contributed by atoms with Gasteiger partial charge < -0.3 is 10.6 Å². The smallest absolute Gasteiger partial charge is 0.191 e. The molecule has 0 aliphatic carbocycles. The maximum Gasteiger partial charge on any atom is 0.191 e. The van der Waals surface area contributed by atoms with Crippen LogP contribution in [0.15, 0.2) is 33.9 Å². The van der Waals surface area contributed by atoms with Crippen LogP contribution in [0.3, 0.4) is 0 Å². The molecule has 1 aromatic heterocycles. The first kappa shape index (κ1) is 22.3. The monoisotopic (exact) mass is 540 g/mol. The topological polar surface area (TPSA) is 49.3 Å². The van der Waals surface area contributed by atoms with Gasteiger partial charge in [0.25, 0.3) is 0 Å². The van der Waals surface area contributed by atoms with Gasteiger partial charge in [0.2, 0.25) is 0 Å². The van der Waals surface area contributed by atoms with E-state index in [9.17, 15) is 4.39 Å². The predicted octanol–water partition coefficient (Wildman–Crippen LogP) is 4.18. The number of aliphatic imine (C=N–C) groups is 1. The van der Waals surface area contributed by atoms with Crippen molar-refractivity contribution in [3.05, 3.63) is 50.1 Å². The largest absolute Gasteiger partial charge is 0.356 e. The molecule has 0 radical (unpaired) electrons. The maximum absolute atomic E-state index is 13.7. The van der Waals surface area contributed by atoms with Crippen LogP contribution < -0.4 is 10.6 Å². The lowest BCUT2D eigenvalue weighted by atomic mass is 10.1. The van der Waals surface area contributed by atoms with Gasteiger partial charge in [0.15, 0.2) is 5.96 Å². The van der Waals surface area contributed by atoms with Gasteiger partial charge in [-0.3, -0.25) is 4.99 Å². The number of nitrogens with one attached hydrogen (secondary N) is 2. The van der Waals surface area contributed by atoms with Gasteiger partial charge in [0.05, 0.1) is 5.01 Å². The SMILES string of the molecule is CCc1cnc(CCNC(=NC)NCCc2cc(Br)ccc2F)s1.I. The fourth-order valence-corrected chi connectivity index (χ4v) is 3.46. The molecular weight excluding hydrogens is 518 g/mol. The van der Waals surface area contributed by atoms with Gasteiger partial charge in [0.1, 0.15) is 5.82 Å². The molecule has 138 valence electrons. The number of aryl methyl sites for hydroxylation is 1. The van der Waals surface area contributed by atoms with Crippen LogP contribution in [0.5, 0.6) is 0 Å². The average molecular weight is 541 g/mol. The zero-order valence-corrected chi connectivity index (χ0v) is 19.0. The molecule has 1 heterocycles. The summed E-state index contributed by atoms with van der Waals surface area (Å²) in [6, 6.07) is 4.99. The summed E-state index contributed by atoms with van der Waals surface area (Å²) in [6.45, 7) is 3.52.